The topological polar surface area (TPSA) is 26.3 Å². The Labute approximate surface area is 80.9 Å². The Kier molecular flexibility index (Phi) is 7.05. The second-order valence-electron chi connectivity index (χ2n) is 3.19. The molecule has 0 aliphatic rings. The Balaban J connectivity index is 0. The average molecular weight is 150 g/mol. The van der Waals surface area contributed by atoms with Crippen LogP contribution in [-0.2, 0) is 9.53 Å². The maximum absolute atomic E-state index is 10.8. The van der Waals surface area contributed by atoms with Gasteiger partial charge in [0.05, 0.1) is 0 Å². The SMILES string of the molecule is [CH2-]CCC(=O)OC(C)(C)C.[Li+]. The average Bonchev–Trinajstić information content (AvgIpc) is 1.59. The second-order valence-corrected chi connectivity index (χ2v) is 3.19. The van der Waals surface area contributed by atoms with E-state index in [9.17, 15) is 4.79 Å². The third kappa shape index (κ3) is 10.1. The van der Waals surface area contributed by atoms with Crippen LogP contribution in [0.3, 0.4) is 0 Å². The molecule has 0 aliphatic heterocycles. The summed E-state index contributed by atoms with van der Waals surface area (Å²) in [7, 11) is 0. The summed E-state index contributed by atoms with van der Waals surface area (Å²) in [4.78, 5) is 10.8. The Morgan fingerprint density at radius 1 is 1.45 bits per heavy atom. The Bertz CT molecular complexity index is 116. The van der Waals surface area contributed by atoms with Gasteiger partial charge in [-0.2, -0.15) is 6.42 Å². The minimum Gasteiger partial charge on any atom is -0.460 e. The van der Waals surface area contributed by atoms with Gasteiger partial charge in [0.2, 0.25) is 0 Å². The molecule has 0 aliphatic carbocycles. The first-order valence-electron chi connectivity index (χ1n) is 3.47. The third-order valence-corrected chi connectivity index (χ3v) is 0.801. The minimum absolute atomic E-state index is 0. The van der Waals surface area contributed by atoms with E-state index in [0.717, 1.165) is 0 Å². The molecule has 0 radical (unpaired) electrons. The van der Waals surface area contributed by atoms with Gasteiger partial charge in [-0.1, -0.05) is 0 Å². The van der Waals surface area contributed by atoms with Gasteiger partial charge in [-0.25, -0.2) is 0 Å². The van der Waals surface area contributed by atoms with Crippen LogP contribution in [0.5, 0.6) is 0 Å². The third-order valence-electron chi connectivity index (χ3n) is 0.801. The van der Waals surface area contributed by atoms with Crippen LogP contribution >= 0.6 is 0 Å². The van der Waals surface area contributed by atoms with Gasteiger partial charge in [0.25, 0.3) is 0 Å². The smallest absolute Gasteiger partial charge is 0.460 e. The summed E-state index contributed by atoms with van der Waals surface area (Å²) in [5.74, 6) is -0.164. The van der Waals surface area contributed by atoms with Crippen LogP contribution in [0.1, 0.15) is 33.6 Å². The number of carbonyl (C=O) groups is 1. The van der Waals surface area contributed by atoms with Crippen molar-refractivity contribution >= 4 is 5.97 Å². The zero-order valence-corrected chi connectivity index (χ0v) is 7.94. The number of hydrogen-bond acceptors (Lipinski definition) is 2. The fraction of sp³-hybridized carbons (Fsp3) is 0.750. The van der Waals surface area contributed by atoms with Gasteiger partial charge in [-0.15, -0.1) is 0 Å². The molecule has 3 heteroatoms. The summed E-state index contributed by atoms with van der Waals surface area (Å²) in [6.07, 6.45) is 1.02. The van der Waals surface area contributed by atoms with Gasteiger partial charge in [0, 0.05) is 6.42 Å². The van der Waals surface area contributed by atoms with Crippen LogP contribution in [0, 0.1) is 6.92 Å². The van der Waals surface area contributed by atoms with Crippen LogP contribution in [-0.4, -0.2) is 11.6 Å². The maximum atomic E-state index is 10.8. The fourth-order valence-corrected chi connectivity index (χ4v) is 0.537. The molecule has 0 atom stereocenters. The number of hydrogen-bond donors (Lipinski definition) is 0. The molecule has 0 bridgehead atoms. The van der Waals surface area contributed by atoms with Crippen molar-refractivity contribution in [1.29, 1.82) is 0 Å². The fourth-order valence-electron chi connectivity index (χ4n) is 0.537. The molecular weight excluding hydrogens is 135 g/mol. The molecule has 0 aromatic carbocycles. The summed E-state index contributed by atoms with van der Waals surface area (Å²) < 4.78 is 5.00. The summed E-state index contributed by atoms with van der Waals surface area (Å²) in [5, 5.41) is 0. The van der Waals surface area contributed by atoms with Gasteiger partial charge in [-0.3, -0.25) is 4.79 Å². The number of rotatable bonds is 2. The van der Waals surface area contributed by atoms with Gasteiger partial charge in [-0.05, 0) is 20.8 Å². The van der Waals surface area contributed by atoms with Crippen molar-refractivity contribution in [2.24, 2.45) is 0 Å². The normalized spacial score (nSPS) is 10.2. The molecule has 11 heavy (non-hydrogen) atoms. The molecule has 0 saturated carbocycles. The van der Waals surface area contributed by atoms with E-state index in [4.69, 9.17) is 4.74 Å². The molecule has 0 heterocycles. The molecule has 0 amide bonds. The molecule has 0 rings (SSSR count). The van der Waals surface area contributed by atoms with Crippen LogP contribution in [0.25, 0.3) is 0 Å². The molecule has 0 aromatic heterocycles. The standard InChI is InChI=1S/C8H15O2.Li/c1-5-6-7(9)10-8(2,3)4;/h1,5-6H2,2-4H3;/q-1;+1. The quantitative estimate of drug-likeness (QED) is 0.285. The van der Waals surface area contributed by atoms with E-state index in [1.54, 1.807) is 0 Å². The zero-order valence-electron chi connectivity index (χ0n) is 7.94. The zero-order chi connectivity index (χ0) is 8.20. The van der Waals surface area contributed by atoms with Crippen LogP contribution in [0.4, 0.5) is 0 Å². The Morgan fingerprint density at radius 2 is 1.91 bits per heavy atom. The van der Waals surface area contributed by atoms with Crippen LogP contribution in [0.2, 0.25) is 0 Å². The molecular formula is C8H15LiO2. The van der Waals surface area contributed by atoms with Gasteiger partial charge >= 0.3 is 24.8 Å². The van der Waals surface area contributed by atoms with Crippen molar-refractivity contribution in [3.63, 3.8) is 0 Å². The summed E-state index contributed by atoms with van der Waals surface area (Å²) >= 11 is 0. The molecule has 0 aromatic rings. The molecule has 60 valence electrons. The van der Waals surface area contributed by atoms with E-state index in [0.29, 0.717) is 12.8 Å². The molecule has 0 fully saturated rings. The second kappa shape index (κ2) is 5.68. The van der Waals surface area contributed by atoms with Gasteiger partial charge in [0.15, 0.2) is 0 Å². The van der Waals surface area contributed by atoms with E-state index in [1.165, 1.54) is 0 Å². The molecule has 0 N–H and O–H groups in total. The molecule has 0 spiro atoms. The minimum atomic E-state index is -0.355. The first-order chi connectivity index (χ1) is 4.45. The van der Waals surface area contributed by atoms with Crippen molar-refractivity contribution < 1.29 is 28.4 Å². The Morgan fingerprint density at radius 3 is 2.18 bits per heavy atom. The van der Waals surface area contributed by atoms with Crippen LogP contribution in [0.15, 0.2) is 0 Å². The molecule has 0 saturated heterocycles. The predicted molar refractivity (Wildman–Crippen MR) is 40.4 cm³/mol. The maximum Gasteiger partial charge on any atom is 1.00 e. The summed E-state index contributed by atoms with van der Waals surface area (Å²) in [6.45, 7) is 9.12. The van der Waals surface area contributed by atoms with Crippen LogP contribution < -0.4 is 18.9 Å². The first kappa shape index (κ1) is 13.6. The molecule has 2 nitrogen and oxygen atoms in total. The Hall–Kier alpha value is 0.0674. The largest absolute Gasteiger partial charge is 1.00 e. The van der Waals surface area contributed by atoms with Crippen molar-refractivity contribution in [1.82, 2.24) is 0 Å². The monoisotopic (exact) mass is 150 g/mol. The van der Waals surface area contributed by atoms with Crippen molar-refractivity contribution in [3.05, 3.63) is 6.92 Å². The number of ether oxygens (including phenoxy) is 1. The van der Waals surface area contributed by atoms with Gasteiger partial charge < -0.3 is 11.7 Å². The van der Waals surface area contributed by atoms with E-state index in [-0.39, 0.29) is 30.4 Å². The first-order valence-corrected chi connectivity index (χ1v) is 3.47. The van der Waals surface area contributed by atoms with E-state index >= 15 is 0 Å². The molecule has 0 unspecified atom stereocenters. The van der Waals surface area contributed by atoms with Crippen molar-refractivity contribution in [2.75, 3.05) is 0 Å². The summed E-state index contributed by atoms with van der Waals surface area (Å²) in [5.41, 5.74) is -0.355. The van der Waals surface area contributed by atoms with Crippen molar-refractivity contribution in [3.8, 4) is 0 Å². The predicted octanol–water partition coefficient (Wildman–Crippen LogP) is -1.05. The van der Waals surface area contributed by atoms with E-state index in [2.05, 4.69) is 6.92 Å². The number of esters is 1. The summed E-state index contributed by atoms with van der Waals surface area (Å²) in [6, 6.07) is 0. The van der Waals surface area contributed by atoms with E-state index in [1.807, 2.05) is 20.8 Å². The number of carbonyl (C=O) groups excluding carboxylic acids is 1. The van der Waals surface area contributed by atoms with Gasteiger partial charge in [0.1, 0.15) is 5.60 Å². The van der Waals surface area contributed by atoms with Crippen molar-refractivity contribution in [2.45, 2.75) is 39.2 Å². The van der Waals surface area contributed by atoms with E-state index < -0.39 is 0 Å².